The Morgan fingerprint density at radius 2 is 0.478 bits per heavy atom. The van der Waals surface area contributed by atoms with Gasteiger partial charge in [-0.25, -0.2) is 9.13 Å². The minimum absolute atomic E-state index is 0. The maximum absolute atomic E-state index is 3.59. The van der Waals surface area contributed by atoms with E-state index in [1.807, 2.05) is 0 Å². The average molecular weight is 1880 g/mol. The molecule has 17 aromatic rings. The predicted molar refractivity (Wildman–Crippen MR) is 479 cm³/mol. The van der Waals surface area contributed by atoms with Crippen molar-refractivity contribution in [3.05, 3.63) is 445 Å². The van der Waals surface area contributed by atoms with Gasteiger partial charge in [-0.3, -0.25) is 0 Å². The number of anilines is 6. The quantitative estimate of drug-likeness (QED) is 0.0654. The van der Waals surface area contributed by atoms with E-state index in [0.29, 0.717) is 0 Å². The van der Waals surface area contributed by atoms with E-state index in [9.17, 15) is 0 Å². The van der Waals surface area contributed by atoms with Crippen LogP contribution < -0.4 is 76.5 Å². The van der Waals surface area contributed by atoms with Gasteiger partial charge >= 0.3 is 0 Å². The summed E-state index contributed by atoms with van der Waals surface area (Å²) in [5.41, 5.74) is 13.9. The fraction of sp³-hybridized carbons (Fsp3) is 0.0600. The fourth-order valence-electron chi connectivity index (χ4n) is 13.9. The zero-order valence-electron chi connectivity index (χ0n) is 62.2. The van der Waals surface area contributed by atoms with E-state index in [1.165, 1.54) is 92.6 Å². The first-order chi connectivity index (χ1) is 53.8. The number of nitrogens with zero attached hydrogens (tertiary/aromatic N) is 8. The molecular formula is C100H92N8Os2P3-. The van der Waals surface area contributed by atoms with Crippen LogP contribution in [0.2, 0.25) is 0 Å². The summed E-state index contributed by atoms with van der Waals surface area (Å²) >= 11 is 0. The summed E-state index contributed by atoms with van der Waals surface area (Å²) in [5, 5.41) is 12.6. The second kappa shape index (κ2) is 40.5. The van der Waals surface area contributed by atoms with Crippen LogP contribution in [-0.2, 0) is 53.7 Å². The maximum atomic E-state index is 3.59. The maximum Gasteiger partial charge on any atom is 0.249 e. The predicted octanol–water partition coefficient (Wildman–Crippen LogP) is 19.7. The summed E-state index contributed by atoms with van der Waals surface area (Å²) in [5.74, 6) is 0. The molecule has 19 rings (SSSR count). The van der Waals surface area contributed by atoms with E-state index in [1.54, 1.807) is 0 Å². The molecule has 2 aromatic heterocycles. The van der Waals surface area contributed by atoms with Crippen LogP contribution in [0.25, 0.3) is 33.4 Å². The molecule has 0 N–H and O–H groups in total. The number of fused-ring (bicyclic) bond motifs is 4. The molecule has 113 heavy (non-hydrogen) atoms. The smallest absolute Gasteiger partial charge is 0.249 e. The van der Waals surface area contributed by atoms with Gasteiger partial charge in [0.15, 0.2) is 22.1 Å². The third-order valence-corrected chi connectivity index (χ3v) is 26.4. The van der Waals surface area contributed by atoms with Crippen molar-refractivity contribution in [1.82, 2.24) is 9.13 Å². The third kappa shape index (κ3) is 19.6. The number of para-hydroxylation sites is 8. The van der Waals surface area contributed by atoms with E-state index in [2.05, 4.69) is 511 Å². The van der Waals surface area contributed by atoms with Crippen LogP contribution in [-0.4, -0.2) is 23.2 Å². The molecule has 13 heteroatoms. The number of imidazole rings is 2. The number of aryl methyl sites for hydroxylation is 2. The van der Waals surface area contributed by atoms with E-state index in [4.69, 9.17) is 0 Å². The molecule has 4 heterocycles. The van der Waals surface area contributed by atoms with Crippen molar-refractivity contribution in [1.29, 1.82) is 0 Å². The zero-order valence-corrected chi connectivity index (χ0v) is 70.0. The molecule has 0 bridgehead atoms. The zero-order chi connectivity index (χ0) is 74.1. The van der Waals surface area contributed by atoms with Gasteiger partial charge in [-0.05, 0) is 146 Å². The van der Waals surface area contributed by atoms with Crippen molar-refractivity contribution < 1.29 is 48.7 Å². The number of benzene rings is 15. The molecule has 0 radical (unpaired) electrons. The first-order valence-electron chi connectivity index (χ1n) is 36.6. The third-order valence-electron chi connectivity index (χ3n) is 19.0. The van der Waals surface area contributed by atoms with Gasteiger partial charge in [-0.2, -0.15) is 28.5 Å². The molecule has 0 fully saturated rings. The second-order valence-electron chi connectivity index (χ2n) is 26.3. The number of rotatable bonds is 13. The SMILES string of the molecule is C.C.CN1[CH-]N(c2[c-]c(N3[CH-]N(C)c4ccccc43)ccc2)c2ccccc21.C[n+]1cn(-c2cccc(-n3c[n+](C)c4ccccc43)c2)c2ccccc21.[Os].[Os].c1ccc(P(c2ccccc2)c2ccccc2)cc1.c1ccc(P(c2ccccc2)c2ccccc2)cc1.c1ccc(P(c2ccccc2)c2ccccc2)cc1. The van der Waals surface area contributed by atoms with Gasteiger partial charge in [0.05, 0.1) is 14.1 Å². The fourth-order valence-corrected chi connectivity index (χ4v) is 20.8. The Labute approximate surface area is 698 Å². The summed E-state index contributed by atoms with van der Waals surface area (Å²) < 4.78 is 8.80. The largest absolute Gasteiger partial charge is 0.504 e. The van der Waals surface area contributed by atoms with Crippen LogP contribution in [0.1, 0.15) is 14.9 Å². The van der Waals surface area contributed by atoms with Crippen molar-refractivity contribution in [2.24, 2.45) is 14.1 Å². The van der Waals surface area contributed by atoms with Crippen LogP contribution in [0.4, 0.5) is 34.1 Å². The van der Waals surface area contributed by atoms with Gasteiger partial charge in [-0.1, -0.05) is 342 Å². The van der Waals surface area contributed by atoms with Crippen molar-refractivity contribution in [3.8, 4) is 11.4 Å². The summed E-state index contributed by atoms with van der Waals surface area (Å²) in [6.45, 7) is 4.21. The molecule has 0 amide bonds. The van der Waals surface area contributed by atoms with Gasteiger partial charge in [0.2, 0.25) is 12.7 Å². The van der Waals surface area contributed by atoms with Crippen molar-refractivity contribution in [2.45, 2.75) is 14.9 Å². The summed E-state index contributed by atoms with van der Waals surface area (Å²) in [4.78, 5) is 8.65. The van der Waals surface area contributed by atoms with Crippen LogP contribution in [0.3, 0.4) is 0 Å². The van der Waals surface area contributed by atoms with Crippen LogP contribution in [0.5, 0.6) is 0 Å². The Morgan fingerprint density at radius 3 is 0.743 bits per heavy atom. The van der Waals surface area contributed by atoms with Crippen LogP contribution in [0, 0.1) is 19.4 Å². The molecule has 564 valence electrons. The van der Waals surface area contributed by atoms with Gasteiger partial charge < -0.3 is 19.6 Å². The average Bonchev–Trinajstić information content (AvgIpc) is 1.64. The molecule has 15 aromatic carbocycles. The van der Waals surface area contributed by atoms with Crippen molar-refractivity contribution >= 4 is 128 Å². The molecule has 2 aliphatic rings. The normalized spacial score (nSPS) is 11.5. The van der Waals surface area contributed by atoms with E-state index in [-0.39, 0.29) is 54.4 Å². The molecule has 0 spiro atoms. The Balaban J connectivity index is 0.000000139. The first kappa shape index (κ1) is 83.0. The van der Waals surface area contributed by atoms with Gasteiger partial charge in [-0.15, -0.1) is 29.6 Å². The van der Waals surface area contributed by atoms with Crippen molar-refractivity contribution in [3.63, 3.8) is 0 Å². The topological polar surface area (TPSA) is 30.6 Å². The minimum Gasteiger partial charge on any atom is -0.504 e. The van der Waals surface area contributed by atoms with E-state index >= 15 is 0 Å². The van der Waals surface area contributed by atoms with Gasteiger partial charge in [0, 0.05) is 68.4 Å². The number of aromatic nitrogens is 4. The van der Waals surface area contributed by atoms with Gasteiger partial charge in [0.25, 0.3) is 0 Å². The molecule has 8 nitrogen and oxygen atoms in total. The van der Waals surface area contributed by atoms with E-state index < -0.39 is 23.8 Å². The van der Waals surface area contributed by atoms with Crippen molar-refractivity contribution in [2.75, 3.05) is 33.7 Å². The second-order valence-corrected chi connectivity index (χ2v) is 33.0. The Hall–Kier alpha value is -11.0. The molecule has 0 aliphatic carbocycles. The molecule has 2 aliphatic heterocycles. The monoisotopic (exact) mass is 1880 g/mol. The van der Waals surface area contributed by atoms with Crippen LogP contribution in [0.15, 0.2) is 425 Å². The van der Waals surface area contributed by atoms with E-state index in [0.717, 1.165) is 22.7 Å². The summed E-state index contributed by atoms with van der Waals surface area (Å²) in [7, 11) is 6.98. The van der Waals surface area contributed by atoms with Gasteiger partial charge in [0.1, 0.15) is 11.4 Å². The first-order valence-corrected chi connectivity index (χ1v) is 40.6. The minimum atomic E-state index is -0.446. The number of hydrogen-bond donors (Lipinski definition) is 0. The molecule has 0 atom stereocenters. The van der Waals surface area contributed by atoms with Crippen LogP contribution >= 0.6 is 23.8 Å². The molecular weight excluding hydrogens is 1790 g/mol. The summed E-state index contributed by atoms with van der Waals surface area (Å²) in [6, 6.07) is 149. The Bertz CT molecular complexity index is 5000. The number of hydrogen-bond acceptors (Lipinski definition) is 4. The summed E-state index contributed by atoms with van der Waals surface area (Å²) in [6.07, 6.45) is 4.27. The molecule has 0 saturated carbocycles. The Kier molecular flexibility index (Phi) is 29.7. The molecule has 0 unspecified atom stereocenters. The standard InChI is InChI=1S/C22H20N4.C22H19N4.3C18H15P.2CH4.2Os/c2*1-23-15-25(21-12-5-3-10-19(21)23)17-8-7-9-18(14-17)26-16-24(2)20-11-4-6-13-22(20)26;3*1-4-10-16(11-5-1)19(17-12-6-2-7-13-17)18-14-8-3-9-15-18;;;;/h3-16H,1-2H3;3-13,15-16H,1-2H3;3*1-15H;2*1H4;;/q+2;-3;;;;;;;. The molecule has 0 saturated heterocycles. The Morgan fingerprint density at radius 1 is 0.257 bits per heavy atom.